The van der Waals surface area contributed by atoms with Crippen LogP contribution < -0.4 is 5.32 Å². The average Bonchev–Trinajstić information content (AvgIpc) is 2.12. The van der Waals surface area contributed by atoms with Crippen LogP contribution in [0.15, 0.2) is 0 Å². The Morgan fingerprint density at radius 3 is 2.53 bits per heavy atom. The van der Waals surface area contributed by atoms with Crippen molar-refractivity contribution in [2.24, 2.45) is 0 Å². The highest BCUT2D eigenvalue weighted by Gasteiger charge is 2.06. The molecule has 0 bridgehead atoms. The van der Waals surface area contributed by atoms with Gasteiger partial charge in [-0.15, -0.1) is 0 Å². The minimum Gasteiger partial charge on any atom is -0.481 e. The van der Waals surface area contributed by atoms with Crippen LogP contribution in [0.3, 0.4) is 0 Å². The van der Waals surface area contributed by atoms with Gasteiger partial charge in [-0.25, -0.2) is 0 Å². The van der Waals surface area contributed by atoms with E-state index in [0.717, 1.165) is 0 Å². The molecule has 0 aromatic rings. The Morgan fingerprint density at radius 1 is 1.33 bits per heavy atom. The summed E-state index contributed by atoms with van der Waals surface area (Å²) >= 11 is 0. The number of carboxylic acid groups (broad SMARTS) is 1. The van der Waals surface area contributed by atoms with Gasteiger partial charge in [-0.05, 0) is 13.3 Å². The SMILES string of the molecule is CCOC(=O)CCCNC(=O)CC(=O)O. The van der Waals surface area contributed by atoms with Gasteiger partial charge in [0.05, 0.1) is 6.61 Å². The minimum absolute atomic E-state index is 0.223. The summed E-state index contributed by atoms with van der Waals surface area (Å²) in [7, 11) is 0. The van der Waals surface area contributed by atoms with Gasteiger partial charge in [0.1, 0.15) is 6.42 Å². The largest absolute Gasteiger partial charge is 0.481 e. The topological polar surface area (TPSA) is 92.7 Å². The molecule has 0 spiro atoms. The van der Waals surface area contributed by atoms with Gasteiger partial charge in [-0.3, -0.25) is 14.4 Å². The third-order valence-electron chi connectivity index (χ3n) is 1.50. The van der Waals surface area contributed by atoms with E-state index in [1.54, 1.807) is 6.92 Å². The van der Waals surface area contributed by atoms with E-state index in [4.69, 9.17) is 5.11 Å². The van der Waals surface area contributed by atoms with E-state index in [0.29, 0.717) is 13.0 Å². The molecule has 0 aliphatic carbocycles. The molecule has 0 radical (unpaired) electrons. The zero-order valence-electron chi connectivity index (χ0n) is 8.62. The van der Waals surface area contributed by atoms with E-state index in [9.17, 15) is 14.4 Å². The summed E-state index contributed by atoms with van der Waals surface area (Å²) in [4.78, 5) is 31.8. The summed E-state index contributed by atoms with van der Waals surface area (Å²) in [5.74, 6) is -2.03. The number of ether oxygens (including phenoxy) is 1. The summed E-state index contributed by atoms with van der Waals surface area (Å²) in [6, 6.07) is 0. The molecule has 0 atom stereocenters. The fourth-order valence-corrected chi connectivity index (χ4v) is 0.894. The number of esters is 1. The normalized spacial score (nSPS) is 9.40. The number of carbonyl (C=O) groups is 3. The van der Waals surface area contributed by atoms with Crippen molar-refractivity contribution in [3.8, 4) is 0 Å². The van der Waals surface area contributed by atoms with Crippen LogP contribution in [-0.4, -0.2) is 36.1 Å². The second kappa shape index (κ2) is 7.78. The highest BCUT2D eigenvalue weighted by atomic mass is 16.5. The molecule has 0 aliphatic heterocycles. The number of hydrogen-bond donors (Lipinski definition) is 2. The van der Waals surface area contributed by atoms with Crippen molar-refractivity contribution >= 4 is 17.8 Å². The molecular formula is C9H15NO5. The maximum Gasteiger partial charge on any atom is 0.312 e. The van der Waals surface area contributed by atoms with E-state index < -0.39 is 18.3 Å². The molecule has 0 saturated carbocycles. The molecule has 0 fully saturated rings. The number of rotatable bonds is 7. The van der Waals surface area contributed by atoms with Gasteiger partial charge in [0.2, 0.25) is 5.91 Å². The van der Waals surface area contributed by atoms with Crippen molar-refractivity contribution in [2.45, 2.75) is 26.2 Å². The Morgan fingerprint density at radius 2 is 2.00 bits per heavy atom. The standard InChI is InChI=1S/C9H15NO5/c1-2-15-9(14)4-3-5-10-7(11)6-8(12)13/h2-6H2,1H3,(H,10,11)(H,12,13). The van der Waals surface area contributed by atoms with Gasteiger partial charge >= 0.3 is 11.9 Å². The van der Waals surface area contributed by atoms with Crippen molar-refractivity contribution in [3.63, 3.8) is 0 Å². The first kappa shape index (κ1) is 13.4. The predicted molar refractivity (Wildman–Crippen MR) is 51.1 cm³/mol. The first-order chi connectivity index (χ1) is 7.06. The van der Waals surface area contributed by atoms with Crippen LogP contribution in [-0.2, 0) is 19.1 Å². The van der Waals surface area contributed by atoms with Crippen LogP contribution in [0.1, 0.15) is 26.2 Å². The molecule has 0 heterocycles. The number of carboxylic acids is 1. The summed E-state index contributed by atoms with van der Waals surface area (Å²) in [5, 5.41) is 10.6. The van der Waals surface area contributed by atoms with Crippen molar-refractivity contribution in [1.82, 2.24) is 5.32 Å². The lowest BCUT2D eigenvalue weighted by molar-refractivity contribution is -0.144. The van der Waals surface area contributed by atoms with Crippen LogP contribution in [0.2, 0.25) is 0 Å². The van der Waals surface area contributed by atoms with Crippen LogP contribution in [0.5, 0.6) is 0 Å². The van der Waals surface area contributed by atoms with E-state index in [1.807, 2.05) is 0 Å². The molecule has 6 heteroatoms. The summed E-state index contributed by atoms with van der Waals surface area (Å²) in [6.07, 6.45) is 0.130. The molecule has 0 aromatic carbocycles. The van der Waals surface area contributed by atoms with Crippen molar-refractivity contribution in [1.29, 1.82) is 0 Å². The Labute approximate surface area is 87.6 Å². The molecule has 86 valence electrons. The van der Waals surface area contributed by atoms with Crippen LogP contribution >= 0.6 is 0 Å². The highest BCUT2D eigenvalue weighted by molar-refractivity contribution is 5.93. The van der Waals surface area contributed by atoms with Crippen molar-refractivity contribution in [3.05, 3.63) is 0 Å². The Hall–Kier alpha value is -1.59. The van der Waals surface area contributed by atoms with E-state index in [-0.39, 0.29) is 18.9 Å². The third-order valence-corrected chi connectivity index (χ3v) is 1.50. The number of aliphatic carboxylic acids is 1. The first-order valence-corrected chi connectivity index (χ1v) is 4.70. The lowest BCUT2D eigenvalue weighted by atomic mass is 10.3. The fourth-order valence-electron chi connectivity index (χ4n) is 0.894. The van der Waals surface area contributed by atoms with E-state index in [1.165, 1.54) is 0 Å². The van der Waals surface area contributed by atoms with Gasteiger partial charge in [-0.2, -0.15) is 0 Å². The molecular weight excluding hydrogens is 202 g/mol. The number of amides is 1. The molecule has 0 aliphatic rings. The molecule has 1 amide bonds. The van der Waals surface area contributed by atoms with Gasteiger partial charge in [-0.1, -0.05) is 0 Å². The first-order valence-electron chi connectivity index (χ1n) is 4.70. The molecule has 0 rings (SSSR count). The lowest BCUT2D eigenvalue weighted by Crippen LogP contribution is -2.26. The molecule has 2 N–H and O–H groups in total. The quantitative estimate of drug-likeness (QED) is 0.353. The minimum atomic E-state index is -1.17. The second-order valence-corrected chi connectivity index (χ2v) is 2.83. The summed E-state index contributed by atoms with van der Waals surface area (Å²) < 4.78 is 4.67. The molecule has 0 aromatic heterocycles. The lowest BCUT2D eigenvalue weighted by Gasteiger charge is -2.03. The van der Waals surface area contributed by atoms with Crippen molar-refractivity contribution < 1.29 is 24.2 Å². The summed E-state index contributed by atoms with van der Waals surface area (Å²) in [6.45, 7) is 2.33. The summed E-state index contributed by atoms with van der Waals surface area (Å²) in [5.41, 5.74) is 0. The molecule has 0 saturated heterocycles. The molecule has 0 unspecified atom stereocenters. The number of hydrogen-bond acceptors (Lipinski definition) is 4. The second-order valence-electron chi connectivity index (χ2n) is 2.83. The van der Waals surface area contributed by atoms with Crippen LogP contribution in [0.4, 0.5) is 0 Å². The van der Waals surface area contributed by atoms with Crippen molar-refractivity contribution in [2.75, 3.05) is 13.2 Å². The van der Waals surface area contributed by atoms with Crippen LogP contribution in [0, 0.1) is 0 Å². The predicted octanol–water partition coefficient (Wildman–Crippen LogP) is -0.0794. The zero-order chi connectivity index (χ0) is 11.7. The monoisotopic (exact) mass is 217 g/mol. The molecule has 6 nitrogen and oxygen atoms in total. The van der Waals surface area contributed by atoms with E-state index in [2.05, 4.69) is 10.1 Å². The number of nitrogens with one attached hydrogen (secondary N) is 1. The fraction of sp³-hybridized carbons (Fsp3) is 0.667. The highest BCUT2D eigenvalue weighted by Crippen LogP contribution is 1.91. The average molecular weight is 217 g/mol. The maximum atomic E-state index is 10.8. The Bertz CT molecular complexity index is 239. The smallest absolute Gasteiger partial charge is 0.312 e. The van der Waals surface area contributed by atoms with Crippen LogP contribution in [0.25, 0.3) is 0 Å². The maximum absolute atomic E-state index is 10.8. The third kappa shape index (κ3) is 8.73. The van der Waals surface area contributed by atoms with Gasteiger partial charge in [0.25, 0.3) is 0 Å². The van der Waals surface area contributed by atoms with E-state index >= 15 is 0 Å². The zero-order valence-corrected chi connectivity index (χ0v) is 8.62. The number of carbonyl (C=O) groups excluding carboxylic acids is 2. The van der Waals surface area contributed by atoms with Gasteiger partial charge < -0.3 is 15.2 Å². The van der Waals surface area contributed by atoms with Gasteiger partial charge in [0, 0.05) is 13.0 Å². The Kier molecular flexibility index (Phi) is 6.96. The molecule has 15 heavy (non-hydrogen) atoms. The van der Waals surface area contributed by atoms with Gasteiger partial charge in [0.15, 0.2) is 0 Å². The Balaban J connectivity index is 3.42.